The molecule has 1 fully saturated rings. The van der Waals surface area contributed by atoms with Crippen molar-refractivity contribution < 1.29 is 3.79 Å². The number of hydrogen-bond acceptors (Lipinski definition) is 3. The van der Waals surface area contributed by atoms with Gasteiger partial charge in [0.1, 0.15) is 0 Å². The van der Waals surface area contributed by atoms with Crippen LogP contribution in [0.15, 0.2) is 0 Å². The fraction of sp³-hybridized carbons (Fsp3) is 1.00. The van der Waals surface area contributed by atoms with Gasteiger partial charge in [-0.3, -0.25) is 0 Å². The third kappa shape index (κ3) is 3.00. The standard InChI is InChI=1S/C6H14N2O.Al.H/c1-8(2)5-3-7-4-6-9;;/h3-6H2,1-2H3;;/q-2;+2;. The lowest BCUT2D eigenvalue weighted by Crippen LogP contribution is -2.31. The minimum absolute atomic E-state index is 0.279. The van der Waals surface area contributed by atoms with Crippen molar-refractivity contribution in [3.63, 3.8) is 0 Å². The van der Waals surface area contributed by atoms with Gasteiger partial charge in [0.25, 0.3) is 0 Å². The van der Waals surface area contributed by atoms with E-state index in [1.165, 1.54) is 13.1 Å². The van der Waals surface area contributed by atoms with Gasteiger partial charge >= 0.3 is 15.8 Å². The van der Waals surface area contributed by atoms with Crippen LogP contribution in [0.4, 0.5) is 0 Å². The van der Waals surface area contributed by atoms with Crippen LogP contribution in [0.25, 0.3) is 0 Å². The Balaban J connectivity index is 2.01. The molecular formula is C6H15AlN2O. The fourth-order valence-corrected chi connectivity index (χ4v) is 2.01. The lowest BCUT2D eigenvalue weighted by atomic mass is 10.5. The van der Waals surface area contributed by atoms with Gasteiger partial charge < -0.3 is 12.6 Å². The van der Waals surface area contributed by atoms with Crippen molar-refractivity contribution in [1.29, 1.82) is 0 Å². The van der Waals surface area contributed by atoms with Crippen LogP contribution in [0.1, 0.15) is 0 Å². The summed E-state index contributed by atoms with van der Waals surface area (Å²) >= 11 is -0.279. The predicted molar refractivity (Wildman–Crippen MR) is 43.2 cm³/mol. The van der Waals surface area contributed by atoms with Crippen molar-refractivity contribution in [3.05, 3.63) is 0 Å². The highest BCUT2D eigenvalue weighted by molar-refractivity contribution is 6.24. The smallest absolute Gasteiger partial charge is 0.490 e. The quantitative estimate of drug-likeness (QED) is 0.497. The van der Waals surface area contributed by atoms with Gasteiger partial charge in [0.2, 0.25) is 0 Å². The van der Waals surface area contributed by atoms with Gasteiger partial charge in [-0.1, -0.05) is 0 Å². The van der Waals surface area contributed by atoms with E-state index in [1.807, 2.05) is 0 Å². The van der Waals surface area contributed by atoms with Gasteiger partial charge in [-0.15, -0.1) is 0 Å². The average Bonchev–Trinajstić information content (AvgIpc) is 2.34. The highest BCUT2D eigenvalue weighted by Crippen LogP contribution is 1.94. The van der Waals surface area contributed by atoms with E-state index in [4.69, 9.17) is 3.79 Å². The van der Waals surface area contributed by atoms with E-state index >= 15 is 0 Å². The first-order valence-corrected chi connectivity index (χ1v) is 4.95. The highest BCUT2D eigenvalue weighted by atomic mass is 27.1. The molecule has 0 unspecified atom stereocenters. The number of likely N-dealkylation sites (N-methyl/N-ethyl adjacent to an activating group) is 1. The van der Waals surface area contributed by atoms with Crippen LogP contribution in [0.3, 0.4) is 0 Å². The molecule has 0 radical (unpaired) electrons. The summed E-state index contributed by atoms with van der Waals surface area (Å²) in [6, 6.07) is 0. The monoisotopic (exact) mass is 158 g/mol. The Hall–Kier alpha value is 0.412. The van der Waals surface area contributed by atoms with E-state index in [2.05, 4.69) is 22.9 Å². The van der Waals surface area contributed by atoms with Gasteiger partial charge in [0, 0.05) is 19.7 Å². The van der Waals surface area contributed by atoms with Crippen LogP contribution in [0.2, 0.25) is 0 Å². The summed E-state index contributed by atoms with van der Waals surface area (Å²) in [4.78, 5) is 2.22. The molecule has 10 heavy (non-hydrogen) atoms. The Morgan fingerprint density at radius 1 is 1.60 bits per heavy atom. The molecule has 0 spiro atoms. The van der Waals surface area contributed by atoms with E-state index in [-0.39, 0.29) is 15.8 Å². The SMILES string of the molecule is CN(C)CC[N]1CC[O][AlH]1. The van der Waals surface area contributed by atoms with Gasteiger partial charge in [-0.2, -0.15) is 0 Å². The molecule has 0 aliphatic carbocycles. The Kier molecular flexibility index (Phi) is 3.68. The van der Waals surface area contributed by atoms with Gasteiger partial charge in [0.05, 0.1) is 0 Å². The molecule has 1 rings (SSSR count). The molecular weight excluding hydrogens is 143 g/mol. The lowest BCUT2D eigenvalue weighted by molar-refractivity contribution is 0.351. The minimum atomic E-state index is -0.279. The van der Waals surface area contributed by atoms with Crippen LogP contribution in [-0.4, -0.2) is 64.9 Å². The molecule has 1 saturated heterocycles. The molecule has 58 valence electrons. The summed E-state index contributed by atoms with van der Waals surface area (Å²) in [5, 5.41) is 0. The van der Waals surface area contributed by atoms with Crippen molar-refractivity contribution in [2.24, 2.45) is 0 Å². The normalized spacial score (nSPS) is 19.9. The Morgan fingerprint density at radius 2 is 2.40 bits per heavy atom. The molecule has 0 N–H and O–H groups in total. The Labute approximate surface area is 69.2 Å². The number of hydrogen-bond donors (Lipinski definition) is 0. The molecule has 0 saturated carbocycles. The maximum atomic E-state index is 5.34. The third-order valence-electron chi connectivity index (χ3n) is 1.69. The van der Waals surface area contributed by atoms with Crippen LogP contribution in [0.5, 0.6) is 0 Å². The molecule has 0 bridgehead atoms. The first kappa shape index (κ1) is 8.51. The Morgan fingerprint density at radius 3 is 2.90 bits per heavy atom. The molecule has 0 atom stereocenters. The zero-order valence-corrected chi connectivity index (χ0v) is 8.25. The second-order valence-corrected chi connectivity index (χ2v) is 4.52. The fourth-order valence-electron chi connectivity index (χ4n) is 0.970. The molecule has 0 amide bonds. The molecule has 0 aromatic heterocycles. The summed E-state index contributed by atoms with van der Waals surface area (Å²) in [7, 11) is 4.22. The first-order valence-electron chi connectivity index (χ1n) is 3.74. The zero-order chi connectivity index (χ0) is 7.40. The van der Waals surface area contributed by atoms with Crippen LogP contribution in [0, 0.1) is 0 Å². The summed E-state index contributed by atoms with van der Waals surface area (Å²) in [5.41, 5.74) is 0. The van der Waals surface area contributed by atoms with E-state index in [9.17, 15) is 0 Å². The largest absolute Gasteiger partial charge is 0.555 e. The summed E-state index contributed by atoms with van der Waals surface area (Å²) in [6.45, 7) is 4.50. The second kappa shape index (κ2) is 4.32. The average molecular weight is 158 g/mol. The van der Waals surface area contributed by atoms with Crippen molar-refractivity contribution in [1.82, 2.24) is 8.78 Å². The summed E-state index contributed by atoms with van der Waals surface area (Å²) < 4.78 is 7.79. The Bertz CT molecular complexity index is 93.7. The molecule has 3 nitrogen and oxygen atoms in total. The van der Waals surface area contributed by atoms with E-state index in [0.717, 1.165) is 13.2 Å². The van der Waals surface area contributed by atoms with E-state index in [0.29, 0.717) is 0 Å². The topological polar surface area (TPSA) is 15.7 Å². The van der Waals surface area contributed by atoms with Crippen molar-refractivity contribution in [2.45, 2.75) is 0 Å². The molecule has 4 heteroatoms. The second-order valence-electron chi connectivity index (χ2n) is 2.96. The lowest BCUT2D eigenvalue weighted by Gasteiger charge is -2.15. The third-order valence-corrected chi connectivity index (χ3v) is 3.16. The van der Waals surface area contributed by atoms with Gasteiger partial charge in [-0.25, -0.2) is 0 Å². The maximum absolute atomic E-state index is 5.34. The predicted octanol–water partition coefficient (Wildman–Crippen LogP) is -0.853. The molecule has 1 aliphatic rings. The number of rotatable bonds is 3. The van der Waals surface area contributed by atoms with Crippen LogP contribution < -0.4 is 0 Å². The van der Waals surface area contributed by atoms with Gasteiger partial charge in [0.15, 0.2) is 0 Å². The van der Waals surface area contributed by atoms with Crippen molar-refractivity contribution >= 4 is 15.8 Å². The summed E-state index contributed by atoms with van der Waals surface area (Å²) in [5.74, 6) is 0. The van der Waals surface area contributed by atoms with Crippen LogP contribution >= 0.6 is 0 Å². The number of nitrogens with zero attached hydrogens (tertiary/aromatic N) is 2. The summed E-state index contributed by atoms with van der Waals surface area (Å²) in [6.07, 6.45) is 0. The highest BCUT2D eigenvalue weighted by Gasteiger charge is 2.15. The molecule has 0 aromatic carbocycles. The van der Waals surface area contributed by atoms with Crippen molar-refractivity contribution in [2.75, 3.05) is 40.3 Å². The minimum Gasteiger partial charge on any atom is -0.490 e. The molecule has 1 aliphatic heterocycles. The molecule has 0 aromatic rings. The van der Waals surface area contributed by atoms with Crippen molar-refractivity contribution in [3.8, 4) is 0 Å². The van der Waals surface area contributed by atoms with E-state index < -0.39 is 0 Å². The molecule has 1 heterocycles. The van der Waals surface area contributed by atoms with Gasteiger partial charge in [-0.05, 0) is 20.6 Å². The first-order chi connectivity index (χ1) is 4.79. The van der Waals surface area contributed by atoms with Crippen LogP contribution in [-0.2, 0) is 3.79 Å². The maximum Gasteiger partial charge on any atom is 0.555 e. The zero-order valence-electron chi connectivity index (χ0n) is 6.84. The van der Waals surface area contributed by atoms with E-state index in [1.54, 1.807) is 0 Å².